The van der Waals surface area contributed by atoms with E-state index in [1.807, 2.05) is 0 Å². The maximum absolute atomic E-state index is 2.63. The van der Waals surface area contributed by atoms with E-state index in [1.165, 1.54) is 17.8 Å². The molecule has 4 bridgehead atoms. The van der Waals surface area contributed by atoms with Gasteiger partial charge in [0.25, 0.3) is 0 Å². The molecule has 0 aromatic rings. The van der Waals surface area contributed by atoms with Crippen LogP contribution in [0.5, 0.6) is 0 Å². The molecule has 4 aliphatic carbocycles. The second-order valence-electron chi connectivity index (χ2n) is 6.20. The van der Waals surface area contributed by atoms with Gasteiger partial charge in [-0.2, -0.15) is 0 Å². The Bertz CT molecular complexity index is 184. The molecule has 0 heterocycles. The maximum atomic E-state index is 2.63. The zero-order valence-corrected chi connectivity index (χ0v) is 10.5. The summed E-state index contributed by atoms with van der Waals surface area (Å²) in [5, 5.41) is 5.26. The van der Waals surface area contributed by atoms with Gasteiger partial charge in [-0.15, -0.1) is 0 Å². The first-order chi connectivity index (χ1) is 6.18. The SMILES string of the molecule is [CH3][Ti]([CH3])[C]12CC3CC(CC(C3)C1)C2. The predicted octanol–water partition coefficient (Wildman–Crippen LogP) is 4.09. The van der Waals surface area contributed by atoms with Gasteiger partial charge in [0.15, 0.2) is 0 Å². The fraction of sp³-hybridized carbons (Fsp3) is 1.00. The second-order valence-corrected chi connectivity index (χ2v) is 11.0. The first kappa shape index (κ1) is 8.98. The Morgan fingerprint density at radius 1 is 0.846 bits per heavy atom. The summed E-state index contributed by atoms with van der Waals surface area (Å²) in [5.41, 5.74) is 0. The summed E-state index contributed by atoms with van der Waals surface area (Å²) in [6.45, 7) is 0. The van der Waals surface area contributed by atoms with Gasteiger partial charge in [-0.1, -0.05) is 0 Å². The molecule has 0 aromatic heterocycles. The zero-order chi connectivity index (χ0) is 9.05. The topological polar surface area (TPSA) is 0 Å². The Balaban J connectivity index is 1.91. The van der Waals surface area contributed by atoms with Gasteiger partial charge in [0.1, 0.15) is 0 Å². The summed E-state index contributed by atoms with van der Waals surface area (Å²) in [6.07, 6.45) is 9.81. The monoisotopic (exact) mass is 213 g/mol. The molecular weight excluding hydrogens is 192 g/mol. The number of hydrogen-bond donors (Lipinski definition) is 0. The summed E-state index contributed by atoms with van der Waals surface area (Å²) in [4.78, 5) is 0. The van der Waals surface area contributed by atoms with Gasteiger partial charge in [-0.3, -0.25) is 0 Å². The molecule has 4 rings (SSSR count). The van der Waals surface area contributed by atoms with Crippen molar-refractivity contribution in [1.29, 1.82) is 0 Å². The van der Waals surface area contributed by atoms with E-state index in [0.717, 1.165) is 3.72 Å². The zero-order valence-electron chi connectivity index (χ0n) is 8.97. The van der Waals surface area contributed by atoms with Crippen molar-refractivity contribution in [1.82, 2.24) is 0 Å². The molecule has 1 heteroatoms. The standard InChI is InChI=1S/C10H15.2CH3.Ti/c1-7-2-9-4-8(1)5-10(3-7)6-9;;;/h7-9H,1-6H2;2*1H3;. The van der Waals surface area contributed by atoms with Crippen molar-refractivity contribution in [3.8, 4) is 0 Å². The molecule has 0 unspecified atom stereocenters. The number of rotatable bonds is 1. The van der Waals surface area contributed by atoms with E-state index in [4.69, 9.17) is 0 Å². The Hall–Kier alpha value is 0.714. The summed E-state index contributed by atoms with van der Waals surface area (Å²) in [7, 11) is 0. The van der Waals surface area contributed by atoms with Crippen molar-refractivity contribution >= 4 is 0 Å². The third-order valence-electron chi connectivity index (χ3n) is 5.10. The molecule has 0 aromatic carbocycles. The van der Waals surface area contributed by atoms with E-state index in [2.05, 4.69) is 10.5 Å². The Labute approximate surface area is 88.3 Å². The molecule has 0 spiro atoms. The van der Waals surface area contributed by atoms with Gasteiger partial charge >= 0.3 is 88.3 Å². The van der Waals surface area contributed by atoms with Crippen LogP contribution in [0.4, 0.5) is 0 Å². The van der Waals surface area contributed by atoms with Gasteiger partial charge in [0.2, 0.25) is 0 Å². The molecule has 0 atom stereocenters. The summed E-state index contributed by atoms with van der Waals surface area (Å²) >= 11 is -0.649. The van der Waals surface area contributed by atoms with Gasteiger partial charge < -0.3 is 0 Å². The van der Waals surface area contributed by atoms with Crippen molar-refractivity contribution in [3.63, 3.8) is 0 Å². The number of hydrogen-bond acceptors (Lipinski definition) is 0. The van der Waals surface area contributed by atoms with Crippen LogP contribution in [0, 0.1) is 17.8 Å². The van der Waals surface area contributed by atoms with E-state index in [0.29, 0.717) is 0 Å². The molecule has 0 N–H and O–H groups in total. The fourth-order valence-electron chi connectivity index (χ4n) is 4.72. The van der Waals surface area contributed by atoms with E-state index >= 15 is 0 Å². The molecule has 0 saturated heterocycles. The van der Waals surface area contributed by atoms with Crippen LogP contribution >= 0.6 is 0 Å². The van der Waals surface area contributed by atoms with Crippen molar-refractivity contribution in [2.45, 2.75) is 52.7 Å². The van der Waals surface area contributed by atoms with Crippen LogP contribution in [0.15, 0.2) is 0 Å². The molecule has 0 nitrogen and oxygen atoms in total. The van der Waals surface area contributed by atoms with Crippen LogP contribution in [0.1, 0.15) is 38.5 Å². The second kappa shape index (κ2) is 2.86. The van der Waals surface area contributed by atoms with Gasteiger partial charge in [0, 0.05) is 0 Å². The first-order valence-corrected chi connectivity index (χ1v) is 9.89. The van der Waals surface area contributed by atoms with Crippen molar-refractivity contribution in [3.05, 3.63) is 0 Å². The normalized spacial score (nSPS) is 52.6. The predicted molar refractivity (Wildman–Crippen MR) is 52.6 cm³/mol. The molecular formula is C12H21Ti. The quantitative estimate of drug-likeness (QED) is 0.575. The Kier molecular flexibility index (Phi) is 1.97. The first-order valence-electron chi connectivity index (χ1n) is 5.98. The molecule has 13 heavy (non-hydrogen) atoms. The van der Waals surface area contributed by atoms with Gasteiger partial charge in [-0.25, -0.2) is 0 Å². The summed E-state index contributed by atoms with van der Waals surface area (Å²) in [5.74, 6) is 3.52. The van der Waals surface area contributed by atoms with Crippen LogP contribution in [0.2, 0.25) is 14.2 Å². The minimum absolute atomic E-state index is 0.649. The fourth-order valence-corrected chi connectivity index (χ4v) is 7.99. The molecule has 4 fully saturated rings. The summed E-state index contributed by atoms with van der Waals surface area (Å²) < 4.78 is 0.967. The van der Waals surface area contributed by atoms with E-state index < -0.39 is 17.9 Å². The third-order valence-corrected chi connectivity index (χ3v) is 9.37. The molecule has 4 aliphatic rings. The summed E-state index contributed by atoms with van der Waals surface area (Å²) in [6, 6.07) is 0. The van der Waals surface area contributed by atoms with E-state index in [1.54, 1.807) is 38.5 Å². The average molecular weight is 213 g/mol. The Morgan fingerprint density at radius 3 is 1.54 bits per heavy atom. The van der Waals surface area contributed by atoms with Gasteiger partial charge in [-0.05, 0) is 0 Å². The van der Waals surface area contributed by atoms with Crippen molar-refractivity contribution in [2.24, 2.45) is 17.8 Å². The Morgan fingerprint density at radius 2 is 1.23 bits per heavy atom. The molecule has 0 amide bonds. The van der Waals surface area contributed by atoms with E-state index in [-0.39, 0.29) is 0 Å². The van der Waals surface area contributed by atoms with Gasteiger partial charge in [0.05, 0.1) is 0 Å². The van der Waals surface area contributed by atoms with Crippen LogP contribution in [0.25, 0.3) is 0 Å². The minimum atomic E-state index is -0.649. The molecule has 0 radical (unpaired) electrons. The molecule has 4 saturated carbocycles. The van der Waals surface area contributed by atoms with Crippen LogP contribution < -0.4 is 0 Å². The molecule has 0 aliphatic heterocycles. The van der Waals surface area contributed by atoms with Crippen molar-refractivity contribution < 1.29 is 17.9 Å². The molecule has 73 valence electrons. The van der Waals surface area contributed by atoms with Crippen LogP contribution in [-0.2, 0) is 17.9 Å². The average Bonchev–Trinajstić information content (AvgIpc) is 2.00. The van der Waals surface area contributed by atoms with Crippen LogP contribution in [0.3, 0.4) is 0 Å². The van der Waals surface area contributed by atoms with E-state index in [9.17, 15) is 0 Å². The van der Waals surface area contributed by atoms with Crippen molar-refractivity contribution in [2.75, 3.05) is 0 Å². The third kappa shape index (κ3) is 1.28. The van der Waals surface area contributed by atoms with Crippen LogP contribution in [-0.4, -0.2) is 0 Å².